The van der Waals surface area contributed by atoms with Gasteiger partial charge < -0.3 is 10.6 Å². The molecule has 1 aliphatic rings. The van der Waals surface area contributed by atoms with Crippen molar-refractivity contribution in [2.75, 3.05) is 24.2 Å². The van der Waals surface area contributed by atoms with Crippen molar-refractivity contribution in [2.24, 2.45) is 0 Å². The maximum Gasteiger partial charge on any atom is 0.271 e. The minimum absolute atomic E-state index is 0.0121. The molecule has 0 fully saturated rings. The van der Waals surface area contributed by atoms with Gasteiger partial charge in [0.25, 0.3) is 5.69 Å². The first-order chi connectivity index (χ1) is 13.7. The van der Waals surface area contributed by atoms with Gasteiger partial charge in [-0.25, -0.2) is 8.42 Å². The van der Waals surface area contributed by atoms with Crippen molar-refractivity contribution < 1.29 is 22.9 Å². The van der Waals surface area contributed by atoms with Gasteiger partial charge in [-0.3, -0.25) is 19.7 Å². The predicted octanol–water partition coefficient (Wildman–Crippen LogP) is 1.74. The summed E-state index contributed by atoms with van der Waals surface area (Å²) in [5, 5.41) is 15.9. The maximum atomic E-state index is 12.8. The normalized spacial score (nSPS) is 13.5. The van der Waals surface area contributed by atoms with Crippen LogP contribution in [0.2, 0.25) is 0 Å². The maximum absolute atomic E-state index is 12.8. The number of nitrogens with one attached hydrogen (secondary N) is 2. The molecule has 0 atom stereocenters. The van der Waals surface area contributed by atoms with Gasteiger partial charge in [-0.2, -0.15) is 4.31 Å². The number of amides is 2. The molecule has 2 aromatic carbocycles. The lowest BCUT2D eigenvalue weighted by molar-refractivity contribution is -0.384. The number of anilines is 2. The summed E-state index contributed by atoms with van der Waals surface area (Å²) in [6.07, 6.45) is 0.708. The summed E-state index contributed by atoms with van der Waals surface area (Å²) in [5.41, 5.74) is 1.29. The quantitative estimate of drug-likeness (QED) is 0.541. The standard InChI is InChI=1S/C18H18N4O6S/c1-21(11-18(24)19-13-3-2-4-14(10-13)22(25)26)29(27,28)15-6-7-16-12(9-15)5-8-17(23)20-16/h2-4,6-7,9-10H,5,8,11H2,1H3,(H,19,24)(H,20,23). The second-order valence-corrected chi connectivity index (χ2v) is 8.53. The number of nitro benzene ring substituents is 1. The molecule has 1 heterocycles. The second-order valence-electron chi connectivity index (χ2n) is 6.48. The Kier molecular flexibility index (Phi) is 5.62. The average molecular weight is 418 g/mol. The topological polar surface area (TPSA) is 139 Å². The van der Waals surface area contributed by atoms with E-state index in [4.69, 9.17) is 0 Å². The highest BCUT2D eigenvalue weighted by atomic mass is 32.2. The van der Waals surface area contributed by atoms with Gasteiger partial charge in [0.05, 0.1) is 16.4 Å². The summed E-state index contributed by atoms with van der Waals surface area (Å²) in [5.74, 6) is -0.759. The average Bonchev–Trinajstić information content (AvgIpc) is 2.67. The largest absolute Gasteiger partial charge is 0.326 e. The third-order valence-corrected chi connectivity index (χ3v) is 6.19. The molecule has 0 bridgehead atoms. The summed E-state index contributed by atoms with van der Waals surface area (Å²) in [7, 11) is -2.68. The number of nitrogens with zero attached hydrogens (tertiary/aromatic N) is 2. The first kappa shape index (κ1) is 20.4. The Morgan fingerprint density at radius 3 is 2.72 bits per heavy atom. The van der Waals surface area contributed by atoms with Gasteiger partial charge in [0, 0.05) is 37.0 Å². The summed E-state index contributed by atoms with van der Waals surface area (Å²) in [6.45, 7) is -0.473. The Morgan fingerprint density at radius 2 is 2.00 bits per heavy atom. The Balaban J connectivity index is 1.71. The minimum atomic E-state index is -3.94. The first-order valence-electron chi connectivity index (χ1n) is 8.60. The highest BCUT2D eigenvalue weighted by Crippen LogP contribution is 2.26. The molecule has 152 valence electrons. The van der Waals surface area contributed by atoms with Crippen LogP contribution in [0.25, 0.3) is 0 Å². The van der Waals surface area contributed by atoms with Crippen LogP contribution in [0.1, 0.15) is 12.0 Å². The summed E-state index contributed by atoms with van der Waals surface area (Å²) in [4.78, 5) is 33.9. The molecule has 0 saturated carbocycles. The summed E-state index contributed by atoms with van der Waals surface area (Å²) < 4.78 is 26.5. The van der Waals surface area contributed by atoms with Crippen LogP contribution in [0.5, 0.6) is 0 Å². The van der Waals surface area contributed by atoms with Crippen molar-refractivity contribution in [1.29, 1.82) is 0 Å². The lowest BCUT2D eigenvalue weighted by Crippen LogP contribution is -2.35. The molecule has 11 heteroatoms. The van der Waals surface area contributed by atoms with Gasteiger partial charge in [-0.1, -0.05) is 6.07 Å². The second kappa shape index (κ2) is 7.97. The van der Waals surface area contributed by atoms with E-state index in [2.05, 4.69) is 10.6 Å². The number of hydrogen-bond donors (Lipinski definition) is 2. The minimum Gasteiger partial charge on any atom is -0.326 e. The molecule has 3 rings (SSSR count). The van der Waals surface area contributed by atoms with E-state index in [0.29, 0.717) is 17.7 Å². The van der Waals surface area contributed by atoms with Gasteiger partial charge in [0.1, 0.15) is 0 Å². The number of sulfonamides is 1. The van der Waals surface area contributed by atoms with E-state index in [9.17, 15) is 28.1 Å². The van der Waals surface area contributed by atoms with E-state index < -0.39 is 27.4 Å². The molecule has 0 saturated heterocycles. The number of carbonyl (C=O) groups is 2. The van der Waals surface area contributed by atoms with Crippen LogP contribution in [0.4, 0.5) is 17.1 Å². The lowest BCUT2D eigenvalue weighted by atomic mass is 10.0. The van der Waals surface area contributed by atoms with E-state index in [1.165, 1.54) is 49.5 Å². The van der Waals surface area contributed by atoms with Crippen molar-refractivity contribution in [1.82, 2.24) is 4.31 Å². The predicted molar refractivity (Wildman–Crippen MR) is 105 cm³/mol. The van der Waals surface area contributed by atoms with Crippen LogP contribution in [-0.4, -0.2) is 43.1 Å². The van der Waals surface area contributed by atoms with Crippen LogP contribution < -0.4 is 10.6 Å². The van der Waals surface area contributed by atoms with Crippen LogP contribution in [0.15, 0.2) is 47.4 Å². The molecule has 0 radical (unpaired) electrons. The van der Waals surface area contributed by atoms with Crippen LogP contribution in [0.3, 0.4) is 0 Å². The van der Waals surface area contributed by atoms with E-state index in [-0.39, 0.29) is 28.6 Å². The molecule has 0 spiro atoms. The van der Waals surface area contributed by atoms with Crippen molar-refractivity contribution in [3.63, 3.8) is 0 Å². The molecule has 0 unspecified atom stereocenters. The van der Waals surface area contributed by atoms with Gasteiger partial charge in [0.2, 0.25) is 21.8 Å². The molecular formula is C18H18N4O6S. The molecule has 0 aliphatic carbocycles. The Hall–Kier alpha value is -3.31. The number of hydrogen-bond acceptors (Lipinski definition) is 6. The van der Waals surface area contributed by atoms with E-state index in [0.717, 1.165) is 4.31 Å². The number of fused-ring (bicyclic) bond motifs is 1. The number of nitro groups is 1. The molecule has 2 N–H and O–H groups in total. The molecule has 0 aromatic heterocycles. The van der Waals surface area contributed by atoms with Gasteiger partial charge in [-0.05, 0) is 36.2 Å². The molecule has 2 amide bonds. The first-order valence-corrected chi connectivity index (χ1v) is 10.0. The fourth-order valence-electron chi connectivity index (χ4n) is 2.89. The summed E-state index contributed by atoms with van der Waals surface area (Å²) in [6, 6.07) is 9.73. The number of aryl methyl sites for hydroxylation is 1. The van der Waals surface area contributed by atoms with E-state index >= 15 is 0 Å². The van der Waals surface area contributed by atoms with Gasteiger partial charge >= 0.3 is 0 Å². The number of non-ortho nitro benzene ring substituents is 1. The molecule has 10 nitrogen and oxygen atoms in total. The van der Waals surface area contributed by atoms with Crippen molar-refractivity contribution >= 4 is 38.9 Å². The highest BCUT2D eigenvalue weighted by molar-refractivity contribution is 7.89. The molecular weight excluding hydrogens is 400 g/mol. The van der Waals surface area contributed by atoms with Crippen molar-refractivity contribution in [2.45, 2.75) is 17.7 Å². The SMILES string of the molecule is CN(CC(=O)Nc1cccc([N+](=O)[O-])c1)S(=O)(=O)c1ccc2c(c1)CCC(=O)N2. The molecule has 2 aromatic rings. The number of benzene rings is 2. The zero-order chi connectivity index (χ0) is 21.2. The third kappa shape index (κ3) is 4.58. The van der Waals surface area contributed by atoms with Gasteiger partial charge in [-0.15, -0.1) is 0 Å². The fourth-order valence-corrected chi connectivity index (χ4v) is 4.06. The van der Waals surface area contributed by atoms with Gasteiger partial charge in [0.15, 0.2) is 0 Å². The lowest BCUT2D eigenvalue weighted by Gasteiger charge is -2.20. The van der Waals surface area contributed by atoms with Crippen LogP contribution in [-0.2, 0) is 26.0 Å². The zero-order valence-corrected chi connectivity index (χ0v) is 16.2. The van der Waals surface area contributed by atoms with Crippen molar-refractivity contribution in [3.05, 3.63) is 58.1 Å². The zero-order valence-electron chi connectivity index (χ0n) is 15.4. The van der Waals surface area contributed by atoms with Crippen LogP contribution in [0, 0.1) is 10.1 Å². The number of carbonyl (C=O) groups excluding carboxylic acids is 2. The fraction of sp³-hybridized carbons (Fsp3) is 0.222. The smallest absolute Gasteiger partial charge is 0.271 e. The highest BCUT2D eigenvalue weighted by Gasteiger charge is 2.25. The molecule has 1 aliphatic heterocycles. The Labute approximate surface area is 166 Å². The Morgan fingerprint density at radius 1 is 1.24 bits per heavy atom. The number of likely N-dealkylation sites (N-methyl/N-ethyl adjacent to an activating group) is 1. The molecule has 29 heavy (non-hydrogen) atoms. The monoisotopic (exact) mass is 418 g/mol. The van der Waals surface area contributed by atoms with Crippen LogP contribution >= 0.6 is 0 Å². The van der Waals surface area contributed by atoms with E-state index in [1.54, 1.807) is 0 Å². The Bertz CT molecular complexity index is 1100. The third-order valence-electron chi connectivity index (χ3n) is 4.39. The number of rotatable bonds is 6. The van der Waals surface area contributed by atoms with Crippen molar-refractivity contribution in [3.8, 4) is 0 Å². The summed E-state index contributed by atoms with van der Waals surface area (Å²) >= 11 is 0. The van der Waals surface area contributed by atoms with E-state index in [1.807, 2.05) is 0 Å².